The van der Waals surface area contributed by atoms with Crippen LogP contribution in [0.1, 0.15) is 15.2 Å². The van der Waals surface area contributed by atoms with Crippen molar-refractivity contribution in [3.8, 4) is 0 Å². The Hall–Kier alpha value is -2.06. The Labute approximate surface area is 136 Å². The molecule has 0 unspecified atom stereocenters. The highest BCUT2D eigenvalue weighted by atomic mass is 32.2. The largest absolute Gasteiger partial charge is 0.477 e. The fourth-order valence-corrected chi connectivity index (χ4v) is 3.84. The van der Waals surface area contributed by atoms with Crippen molar-refractivity contribution < 1.29 is 23.1 Å². The van der Waals surface area contributed by atoms with Crippen LogP contribution in [0, 0.1) is 0 Å². The highest BCUT2D eigenvalue weighted by Gasteiger charge is 2.30. The van der Waals surface area contributed by atoms with Crippen molar-refractivity contribution in [3.05, 3.63) is 53.2 Å². The number of carboxylic acids is 1. The summed E-state index contributed by atoms with van der Waals surface area (Å²) in [5.74, 6) is -1.02. The number of aromatic nitrogens is 1. The van der Waals surface area contributed by atoms with E-state index in [9.17, 15) is 18.0 Å². The van der Waals surface area contributed by atoms with Crippen molar-refractivity contribution in [2.75, 3.05) is 0 Å². The quantitative estimate of drug-likeness (QED) is 0.705. The van der Waals surface area contributed by atoms with Gasteiger partial charge in [-0.05, 0) is 30.3 Å². The zero-order chi connectivity index (χ0) is 16.6. The molecule has 0 saturated heterocycles. The van der Waals surface area contributed by atoms with E-state index in [1.165, 1.54) is 23.9 Å². The van der Waals surface area contributed by atoms with Gasteiger partial charge in [-0.15, -0.1) is 11.3 Å². The van der Waals surface area contributed by atoms with Crippen LogP contribution in [0.5, 0.6) is 0 Å². The van der Waals surface area contributed by atoms with Gasteiger partial charge in [0.2, 0.25) is 0 Å². The second-order valence-electron chi connectivity index (χ2n) is 4.59. The molecule has 0 radical (unpaired) electrons. The number of benzene rings is 1. The molecule has 2 aromatic heterocycles. The van der Waals surface area contributed by atoms with Gasteiger partial charge in [-0.2, -0.15) is 13.2 Å². The van der Waals surface area contributed by atoms with E-state index in [1.54, 1.807) is 18.5 Å². The Morgan fingerprint density at radius 3 is 2.48 bits per heavy atom. The first-order valence-corrected chi connectivity index (χ1v) is 7.94. The Morgan fingerprint density at radius 2 is 1.87 bits per heavy atom. The zero-order valence-electron chi connectivity index (χ0n) is 11.3. The van der Waals surface area contributed by atoms with Crippen molar-refractivity contribution in [2.24, 2.45) is 0 Å². The maximum atomic E-state index is 12.6. The fraction of sp³-hybridized carbons (Fsp3) is 0.0667. The molecule has 0 aliphatic carbocycles. The summed E-state index contributed by atoms with van der Waals surface area (Å²) in [6.07, 6.45) is -1.22. The number of halogens is 3. The molecule has 0 saturated carbocycles. The number of fused-ring (bicyclic) bond motifs is 1. The average Bonchev–Trinajstić information content (AvgIpc) is 2.92. The van der Waals surface area contributed by atoms with Crippen molar-refractivity contribution in [1.29, 1.82) is 0 Å². The van der Waals surface area contributed by atoms with Crippen LogP contribution in [-0.2, 0) is 6.18 Å². The van der Waals surface area contributed by atoms with Gasteiger partial charge in [-0.1, -0.05) is 11.8 Å². The fourth-order valence-electron chi connectivity index (χ4n) is 1.96. The number of hydrogen-bond acceptors (Lipinski definition) is 4. The number of carboxylic acid groups (broad SMARTS) is 1. The van der Waals surface area contributed by atoms with Gasteiger partial charge in [-0.3, -0.25) is 4.98 Å². The molecule has 0 fully saturated rings. The molecule has 3 rings (SSSR count). The summed E-state index contributed by atoms with van der Waals surface area (Å²) in [6.45, 7) is 0. The third-order valence-corrected chi connectivity index (χ3v) is 5.14. The monoisotopic (exact) mass is 355 g/mol. The molecule has 0 aliphatic rings. The van der Waals surface area contributed by atoms with E-state index >= 15 is 0 Å². The Kier molecular flexibility index (Phi) is 4.03. The molecule has 8 heteroatoms. The molecule has 3 nitrogen and oxygen atoms in total. The van der Waals surface area contributed by atoms with Crippen LogP contribution in [0.25, 0.3) is 10.1 Å². The summed E-state index contributed by atoms with van der Waals surface area (Å²) >= 11 is 2.36. The minimum Gasteiger partial charge on any atom is -0.477 e. The van der Waals surface area contributed by atoms with Gasteiger partial charge in [0.15, 0.2) is 0 Å². The molecule has 23 heavy (non-hydrogen) atoms. The number of pyridine rings is 1. The number of carbonyl (C=O) groups is 1. The summed E-state index contributed by atoms with van der Waals surface area (Å²) in [7, 11) is 0. The van der Waals surface area contributed by atoms with Gasteiger partial charge in [-0.25, -0.2) is 4.79 Å². The number of hydrogen-bond donors (Lipinski definition) is 1. The first-order valence-electron chi connectivity index (χ1n) is 6.30. The minimum absolute atomic E-state index is 0.197. The van der Waals surface area contributed by atoms with Crippen LogP contribution < -0.4 is 0 Å². The van der Waals surface area contributed by atoms with Crippen LogP contribution in [-0.4, -0.2) is 16.1 Å². The summed E-state index contributed by atoms with van der Waals surface area (Å²) in [6, 6.07) is 6.36. The number of rotatable bonds is 3. The first-order chi connectivity index (χ1) is 10.8. The second-order valence-corrected chi connectivity index (χ2v) is 6.79. The highest BCUT2D eigenvalue weighted by molar-refractivity contribution is 7.99. The topological polar surface area (TPSA) is 50.2 Å². The Balaban J connectivity index is 1.93. The van der Waals surface area contributed by atoms with E-state index in [1.807, 2.05) is 0 Å². The van der Waals surface area contributed by atoms with E-state index in [0.717, 1.165) is 33.6 Å². The van der Waals surface area contributed by atoms with Crippen molar-refractivity contribution in [2.45, 2.75) is 16.0 Å². The van der Waals surface area contributed by atoms with Gasteiger partial charge in [0, 0.05) is 27.6 Å². The lowest BCUT2D eigenvalue weighted by Crippen LogP contribution is -2.03. The lowest BCUT2D eigenvalue weighted by molar-refractivity contribution is -0.137. The Morgan fingerprint density at radius 1 is 1.17 bits per heavy atom. The van der Waals surface area contributed by atoms with Gasteiger partial charge >= 0.3 is 12.1 Å². The molecular weight excluding hydrogens is 347 g/mol. The number of thiophene rings is 1. The molecule has 0 aliphatic heterocycles. The second kappa shape index (κ2) is 5.86. The van der Waals surface area contributed by atoms with E-state index in [-0.39, 0.29) is 4.88 Å². The molecule has 0 atom stereocenters. The molecule has 0 bridgehead atoms. The van der Waals surface area contributed by atoms with Crippen LogP contribution in [0.15, 0.2) is 52.5 Å². The summed E-state index contributed by atoms with van der Waals surface area (Å²) in [5.41, 5.74) is -0.707. The first kappa shape index (κ1) is 15.8. The molecular formula is C15H8F3NO2S2. The van der Waals surface area contributed by atoms with E-state index in [4.69, 9.17) is 5.11 Å². The van der Waals surface area contributed by atoms with Gasteiger partial charge < -0.3 is 5.11 Å². The van der Waals surface area contributed by atoms with Crippen molar-refractivity contribution >= 4 is 39.2 Å². The molecule has 3 aromatic rings. The SMILES string of the molecule is O=C(O)c1cc2c(Sc3ccc(C(F)(F)F)cc3)cncc2s1. The smallest absolute Gasteiger partial charge is 0.416 e. The standard InChI is InChI=1S/C15H8F3NO2S2/c16-15(17,18)8-1-3-9(4-2-8)22-12-6-19-7-13-10(12)5-11(23-13)14(20)21/h1-7H,(H,20,21). The normalized spacial score (nSPS) is 11.8. The number of nitrogens with zero attached hydrogens (tertiary/aromatic N) is 1. The van der Waals surface area contributed by atoms with Crippen LogP contribution in [0.4, 0.5) is 13.2 Å². The molecule has 1 N–H and O–H groups in total. The molecule has 0 spiro atoms. The van der Waals surface area contributed by atoms with E-state index < -0.39 is 17.7 Å². The van der Waals surface area contributed by atoms with Gasteiger partial charge in [0.1, 0.15) is 4.88 Å². The van der Waals surface area contributed by atoms with Crippen LogP contribution in [0.3, 0.4) is 0 Å². The van der Waals surface area contributed by atoms with Crippen LogP contribution in [0.2, 0.25) is 0 Å². The van der Waals surface area contributed by atoms with E-state index in [0.29, 0.717) is 9.79 Å². The molecule has 1 aromatic carbocycles. The highest BCUT2D eigenvalue weighted by Crippen LogP contribution is 2.37. The van der Waals surface area contributed by atoms with Gasteiger partial charge in [0.25, 0.3) is 0 Å². The zero-order valence-corrected chi connectivity index (χ0v) is 12.9. The summed E-state index contributed by atoms with van der Waals surface area (Å²) in [5, 5.41) is 9.78. The van der Waals surface area contributed by atoms with Crippen LogP contribution >= 0.6 is 23.1 Å². The molecule has 0 amide bonds. The van der Waals surface area contributed by atoms with E-state index in [2.05, 4.69) is 4.98 Å². The predicted octanol–water partition coefficient (Wildman–Crippen LogP) is 5.16. The third-order valence-electron chi connectivity index (χ3n) is 3.03. The average molecular weight is 355 g/mol. The third kappa shape index (κ3) is 3.32. The van der Waals surface area contributed by atoms with Crippen molar-refractivity contribution in [1.82, 2.24) is 4.98 Å². The maximum absolute atomic E-state index is 12.6. The minimum atomic E-state index is -4.37. The number of aromatic carboxylic acids is 1. The summed E-state index contributed by atoms with van der Waals surface area (Å²) < 4.78 is 38.4. The van der Waals surface area contributed by atoms with Gasteiger partial charge in [0.05, 0.1) is 10.3 Å². The summed E-state index contributed by atoms with van der Waals surface area (Å²) in [4.78, 5) is 16.6. The lowest BCUT2D eigenvalue weighted by atomic mass is 10.2. The molecule has 2 heterocycles. The Bertz CT molecular complexity index is 873. The van der Waals surface area contributed by atoms with Crippen molar-refractivity contribution in [3.63, 3.8) is 0 Å². The maximum Gasteiger partial charge on any atom is 0.416 e. The predicted molar refractivity (Wildman–Crippen MR) is 82.1 cm³/mol. The lowest BCUT2D eigenvalue weighted by Gasteiger charge is -2.07. The number of alkyl halides is 3. The molecule has 118 valence electrons.